The Morgan fingerprint density at radius 3 is 2.66 bits per heavy atom. The van der Waals surface area contributed by atoms with E-state index in [1.54, 1.807) is 0 Å². The Kier molecular flexibility index (Phi) is 9.69. The third-order valence-corrected chi connectivity index (χ3v) is 4.90. The maximum Gasteiger partial charge on any atom is 0.331 e. The van der Waals surface area contributed by atoms with Gasteiger partial charge in [-0.15, -0.1) is 13.2 Å². The monoisotopic (exact) mass is 442 g/mol. The number of cyclic esters (lactones) is 1. The minimum absolute atomic E-state index is 0.0344. The molecule has 2 heterocycles. The fourth-order valence-electron chi connectivity index (χ4n) is 3.47. The van der Waals surface area contributed by atoms with E-state index in [0.717, 1.165) is 6.42 Å². The first-order valence-electron chi connectivity index (χ1n) is 10.3. The van der Waals surface area contributed by atoms with Crippen molar-refractivity contribution >= 4 is 11.9 Å². The van der Waals surface area contributed by atoms with Gasteiger partial charge in [-0.2, -0.15) is 0 Å². The number of nitrogens with zero attached hydrogens (tertiary/aromatic N) is 1. The minimum Gasteiger partial charge on any atom is -0.503 e. The number of amides is 1. The summed E-state index contributed by atoms with van der Waals surface area (Å²) in [5.41, 5.74) is 0.949. The van der Waals surface area contributed by atoms with E-state index in [0.29, 0.717) is 13.0 Å². The Balaban J connectivity index is 0.00000176. The molecule has 1 aromatic heterocycles. The zero-order valence-corrected chi connectivity index (χ0v) is 18.5. The Morgan fingerprint density at radius 2 is 1.97 bits per heavy atom. The van der Waals surface area contributed by atoms with Crippen molar-refractivity contribution in [2.75, 3.05) is 20.3 Å². The second-order valence-electron chi connectivity index (χ2n) is 7.31. The molecule has 8 heteroatoms. The lowest BCUT2D eigenvalue weighted by molar-refractivity contribution is -0.151. The van der Waals surface area contributed by atoms with Gasteiger partial charge in [-0.05, 0) is 31.2 Å². The fraction of sp³-hybridized carbons (Fsp3) is 0.375. The fourth-order valence-corrected chi connectivity index (χ4v) is 3.47. The highest BCUT2D eigenvalue weighted by molar-refractivity contribution is 5.98. The van der Waals surface area contributed by atoms with Gasteiger partial charge in [0.15, 0.2) is 23.2 Å². The predicted octanol–water partition coefficient (Wildman–Crippen LogP) is 2.91. The second-order valence-corrected chi connectivity index (χ2v) is 7.31. The number of benzene rings is 1. The molecule has 172 valence electrons. The third kappa shape index (κ3) is 6.81. The molecular weight excluding hydrogens is 412 g/mol. The van der Waals surface area contributed by atoms with Crippen molar-refractivity contribution in [1.29, 1.82) is 0 Å². The number of nitrogens with one attached hydrogen (secondary N) is 1. The molecule has 0 radical (unpaired) electrons. The van der Waals surface area contributed by atoms with E-state index in [9.17, 15) is 14.7 Å². The number of ether oxygens (including phenoxy) is 3. The molecule has 32 heavy (non-hydrogen) atoms. The van der Waals surface area contributed by atoms with Crippen molar-refractivity contribution in [3.63, 3.8) is 0 Å². The maximum atomic E-state index is 12.6. The molecular formula is C24H30N2O6. The lowest BCUT2D eigenvalue weighted by Gasteiger charge is -2.20. The van der Waals surface area contributed by atoms with Crippen LogP contribution in [-0.2, 0) is 20.7 Å². The standard InChI is InChI=1S/C22H26N2O6.C2H4/c1-14-10-16(11-15-6-4-3-5-7-15)12-29-13-17(22(27)30-14)24-21(26)19-20(25)18(28-2)8-9-23-19;1-2/h3-9,14,16-17,25H,10-13H2,1-2H3,(H,24,26);1-2H2/t14?,16?,17-;/m0./s1. The van der Waals surface area contributed by atoms with E-state index in [1.165, 1.54) is 24.9 Å². The van der Waals surface area contributed by atoms with Gasteiger partial charge in [0.2, 0.25) is 0 Å². The number of hydrogen-bond donors (Lipinski definition) is 2. The third-order valence-electron chi connectivity index (χ3n) is 4.90. The highest BCUT2D eigenvalue weighted by Gasteiger charge is 2.30. The molecule has 3 rings (SSSR count). The van der Waals surface area contributed by atoms with E-state index in [4.69, 9.17) is 14.2 Å². The molecule has 1 amide bonds. The zero-order chi connectivity index (χ0) is 23.5. The summed E-state index contributed by atoms with van der Waals surface area (Å²) in [6.45, 7) is 8.23. The average molecular weight is 443 g/mol. The Morgan fingerprint density at radius 1 is 1.25 bits per heavy atom. The van der Waals surface area contributed by atoms with Crippen LogP contribution in [0.5, 0.6) is 11.5 Å². The second kappa shape index (κ2) is 12.5. The Hall–Kier alpha value is -3.39. The lowest BCUT2D eigenvalue weighted by Crippen LogP contribution is -2.45. The van der Waals surface area contributed by atoms with Gasteiger partial charge >= 0.3 is 5.97 Å². The van der Waals surface area contributed by atoms with E-state index in [-0.39, 0.29) is 30.1 Å². The zero-order valence-electron chi connectivity index (χ0n) is 18.5. The van der Waals surface area contributed by atoms with Gasteiger partial charge in [0, 0.05) is 18.9 Å². The van der Waals surface area contributed by atoms with Gasteiger partial charge < -0.3 is 24.6 Å². The number of methoxy groups -OCH3 is 1. The van der Waals surface area contributed by atoms with E-state index in [1.807, 2.05) is 25.1 Å². The number of rotatable bonds is 5. The van der Waals surface area contributed by atoms with Crippen LogP contribution < -0.4 is 10.1 Å². The number of aromatic hydroxyl groups is 1. The number of aromatic nitrogens is 1. The van der Waals surface area contributed by atoms with Crippen molar-refractivity contribution in [3.8, 4) is 11.5 Å². The van der Waals surface area contributed by atoms with Crippen LogP contribution in [0.25, 0.3) is 0 Å². The van der Waals surface area contributed by atoms with Gasteiger partial charge in [0.05, 0.1) is 19.8 Å². The van der Waals surface area contributed by atoms with E-state index in [2.05, 4.69) is 35.6 Å². The van der Waals surface area contributed by atoms with Crippen LogP contribution in [0.2, 0.25) is 0 Å². The van der Waals surface area contributed by atoms with Gasteiger partial charge in [-0.25, -0.2) is 9.78 Å². The largest absolute Gasteiger partial charge is 0.503 e. The van der Waals surface area contributed by atoms with E-state index >= 15 is 0 Å². The van der Waals surface area contributed by atoms with E-state index < -0.39 is 23.7 Å². The van der Waals surface area contributed by atoms with Crippen molar-refractivity contribution in [1.82, 2.24) is 10.3 Å². The normalized spacial score (nSPS) is 20.9. The molecule has 1 aliphatic heterocycles. The number of carbonyl (C=O) groups excluding carboxylic acids is 2. The molecule has 0 saturated carbocycles. The molecule has 3 atom stereocenters. The first-order valence-corrected chi connectivity index (χ1v) is 10.3. The molecule has 2 unspecified atom stereocenters. The quantitative estimate of drug-likeness (QED) is 0.542. The summed E-state index contributed by atoms with van der Waals surface area (Å²) < 4.78 is 16.3. The first-order chi connectivity index (χ1) is 15.5. The smallest absolute Gasteiger partial charge is 0.331 e. The summed E-state index contributed by atoms with van der Waals surface area (Å²) in [5.74, 6) is -1.41. The highest BCUT2D eigenvalue weighted by atomic mass is 16.5. The summed E-state index contributed by atoms with van der Waals surface area (Å²) in [5, 5.41) is 12.7. The first kappa shape index (κ1) is 24.9. The molecule has 8 nitrogen and oxygen atoms in total. The highest BCUT2D eigenvalue weighted by Crippen LogP contribution is 2.27. The summed E-state index contributed by atoms with van der Waals surface area (Å²) in [6.07, 6.45) is 2.47. The van der Waals surface area contributed by atoms with Crippen LogP contribution >= 0.6 is 0 Å². The summed E-state index contributed by atoms with van der Waals surface area (Å²) in [7, 11) is 1.37. The van der Waals surface area contributed by atoms with Crippen LogP contribution in [-0.4, -0.2) is 54.4 Å². The van der Waals surface area contributed by atoms with Gasteiger partial charge in [-0.3, -0.25) is 4.79 Å². The summed E-state index contributed by atoms with van der Waals surface area (Å²) in [6, 6.07) is 10.5. The SMILES string of the molecule is C=C.COc1ccnc(C(=O)N[C@H]2COCC(Cc3ccccc3)CC(C)OC2=O)c1O. The molecule has 1 fully saturated rings. The van der Waals surface area contributed by atoms with Crippen molar-refractivity contribution in [2.45, 2.75) is 31.9 Å². The molecule has 0 spiro atoms. The van der Waals surface area contributed by atoms with Gasteiger partial charge in [0.1, 0.15) is 0 Å². The molecule has 1 saturated heterocycles. The summed E-state index contributed by atoms with van der Waals surface area (Å²) >= 11 is 0. The minimum atomic E-state index is -1.01. The Labute approximate surface area is 188 Å². The molecule has 2 N–H and O–H groups in total. The maximum absolute atomic E-state index is 12.6. The predicted molar refractivity (Wildman–Crippen MR) is 120 cm³/mol. The van der Waals surface area contributed by atoms with Crippen LogP contribution in [0.3, 0.4) is 0 Å². The van der Waals surface area contributed by atoms with Gasteiger partial charge in [-0.1, -0.05) is 30.3 Å². The number of pyridine rings is 1. The van der Waals surface area contributed by atoms with Crippen LogP contribution in [0.15, 0.2) is 55.8 Å². The number of hydrogen-bond acceptors (Lipinski definition) is 7. The van der Waals surface area contributed by atoms with Crippen LogP contribution in [0, 0.1) is 5.92 Å². The lowest BCUT2D eigenvalue weighted by atomic mass is 9.95. The van der Waals surface area contributed by atoms with Crippen molar-refractivity contribution < 1.29 is 28.9 Å². The van der Waals surface area contributed by atoms with Crippen molar-refractivity contribution in [3.05, 3.63) is 67.0 Å². The molecule has 1 aromatic carbocycles. The topological polar surface area (TPSA) is 107 Å². The van der Waals surface area contributed by atoms with Crippen LogP contribution in [0.1, 0.15) is 29.4 Å². The van der Waals surface area contributed by atoms with Crippen LogP contribution in [0.4, 0.5) is 0 Å². The van der Waals surface area contributed by atoms with Gasteiger partial charge in [0.25, 0.3) is 5.91 Å². The van der Waals surface area contributed by atoms with Crippen molar-refractivity contribution in [2.24, 2.45) is 5.92 Å². The number of esters is 1. The molecule has 0 bridgehead atoms. The molecule has 2 aromatic rings. The molecule has 0 aliphatic carbocycles. The summed E-state index contributed by atoms with van der Waals surface area (Å²) in [4.78, 5) is 29.0. The average Bonchev–Trinajstić information content (AvgIpc) is 2.85. The molecule has 1 aliphatic rings. The number of carbonyl (C=O) groups is 2. The Bertz CT molecular complexity index is 889.